The predicted octanol–water partition coefficient (Wildman–Crippen LogP) is 1.78. The lowest BCUT2D eigenvalue weighted by Gasteiger charge is -2.14. The molecule has 1 aromatic rings. The molecular formula is C13H20N2OS. The molecule has 0 aromatic carbocycles. The molecule has 1 aliphatic rings. The van der Waals surface area contributed by atoms with Gasteiger partial charge in [-0.05, 0) is 35.9 Å². The second-order valence-corrected chi connectivity index (χ2v) is 5.68. The maximum Gasteiger partial charge on any atom is 0.225 e. The first-order valence-corrected chi connectivity index (χ1v) is 7.14. The summed E-state index contributed by atoms with van der Waals surface area (Å²) < 4.78 is 0. The Balaban J connectivity index is 1.88. The van der Waals surface area contributed by atoms with Crippen molar-refractivity contribution in [2.45, 2.75) is 26.8 Å². The quantitative estimate of drug-likeness (QED) is 0.857. The van der Waals surface area contributed by atoms with Gasteiger partial charge in [-0.2, -0.15) is 0 Å². The Morgan fingerprint density at radius 3 is 3.06 bits per heavy atom. The Labute approximate surface area is 107 Å². The molecule has 17 heavy (non-hydrogen) atoms. The number of hydrogen-bond donors (Lipinski definition) is 2. The van der Waals surface area contributed by atoms with Crippen molar-refractivity contribution >= 4 is 17.2 Å². The highest BCUT2D eigenvalue weighted by atomic mass is 32.1. The third kappa shape index (κ3) is 2.87. The third-order valence-electron chi connectivity index (χ3n) is 3.50. The van der Waals surface area contributed by atoms with Crippen LogP contribution < -0.4 is 10.6 Å². The predicted molar refractivity (Wildman–Crippen MR) is 71.1 cm³/mol. The summed E-state index contributed by atoms with van der Waals surface area (Å²) in [5, 5.41) is 8.42. The largest absolute Gasteiger partial charge is 0.351 e. The molecule has 0 spiro atoms. The number of nitrogens with one attached hydrogen (secondary N) is 2. The van der Waals surface area contributed by atoms with E-state index in [1.807, 2.05) is 0 Å². The topological polar surface area (TPSA) is 41.1 Å². The highest BCUT2D eigenvalue weighted by Crippen LogP contribution is 2.19. The normalized spacial score (nSPS) is 23.9. The third-order valence-corrected chi connectivity index (χ3v) is 4.46. The fourth-order valence-corrected chi connectivity index (χ4v) is 3.21. The highest BCUT2D eigenvalue weighted by molar-refractivity contribution is 7.10. The standard InChI is InChI=1S/C13H20N2OS/c1-3-10-4-5-17-12(10)8-15-13(16)11-7-14-6-9(11)2/h4-5,9,11,14H,3,6-8H2,1-2H3,(H,15,16). The summed E-state index contributed by atoms with van der Waals surface area (Å²) in [4.78, 5) is 13.3. The zero-order valence-corrected chi connectivity index (χ0v) is 11.3. The maximum atomic E-state index is 12.0. The SMILES string of the molecule is CCc1ccsc1CNC(=O)C1CNCC1C. The summed E-state index contributed by atoms with van der Waals surface area (Å²) in [5.74, 6) is 0.780. The smallest absolute Gasteiger partial charge is 0.225 e. The Hall–Kier alpha value is -0.870. The monoisotopic (exact) mass is 252 g/mol. The molecule has 1 saturated heterocycles. The summed E-state index contributed by atoms with van der Waals surface area (Å²) in [6, 6.07) is 2.14. The molecule has 2 unspecified atom stereocenters. The second kappa shape index (κ2) is 5.65. The first-order chi connectivity index (χ1) is 8.22. The Bertz CT molecular complexity index is 389. The van der Waals surface area contributed by atoms with Crippen LogP contribution >= 0.6 is 11.3 Å². The van der Waals surface area contributed by atoms with Crippen LogP contribution in [0, 0.1) is 11.8 Å². The molecule has 2 N–H and O–H groups in total. The van der Waals surface area contributed by atoms with E-state index in [1.54, 1.807) is 11.3 Å². The molecule has 3 nitrogen and oxygen atoms in total. The van der Waals surface area contributed by atoms with Crippen LogP contribution in [0.3, 0.4) is 0 Å². The van der Waals surface area contributed by atoms with Gasteiger partial charge in [-0.3, -0.25) is 4.79 Å². The van der Waals surface area contributed by atoms with Crippen LogP contribution in [0.5, 0.6) is 0 Å². The molecule has 1 aromatic heterocycles. The van der Waals surface area contributed by atoms with E-state index in [1.165, 1.54) is 10.4 Å². The van der Waals surface area contributed by atoms with Crippen LogP contribution in [-0.4, -0.2) is 19.0 Å². The van der Waals surface area contributed by atoms with Gasteiger partial charge in [0.15, 0.2) is 0 Å². The van der Waals surface area contributed by atoms with Gasteiger partial charge in [0.1, 0.15) is 0 Å². The van der Waals surface area contributed by atoms with E-state index < -0.39 is 0 Å². The molecular weight excluding hydrogens is 232 g/mol. The molecule has 2 heterocycles. The number of amides is 1. The van der Waals surface area contributed by atoms with Gasteiger partial charge in [0.05, 0.1) is 12.5 Å². The average molecular weight is 252 g/mol. The van der Waals surface area contributed by atoms with Crippen molar-refractivity contribution in [3.63, 3.8) is 0 Å². The van der Waals surface area contributed by atoms with Crippen LogP contribution in [0.4, 0.5) is 0 Å². The van der Waals surface area contributed by atoms with Gasteiger partial charge in [0.2, 0.25) is 5.91 Å². The van der Waals surface area contributed by atoms with Gasteiger partial charge in [0, 0.05) is 11.4 Å². The van der Waals surface area contributed by atoms with E-state index >= 15 is 0 Å². The zero-order valence-electron chi connectivity index (χ0n) is 10.5. The summed E-state index contributed by atoms with van der Waals surface area (Å²) in [5.41, 5.74) is 1.35. The first kappa shape index (κ1) is 12.6. The van der Waals surface area contributed by atoms with Crippen LogP contribution in [0.1, 0.15) is 24.3 Å². The first-order valence-electron chi connectivity index (χ1n) is 6.26. The second-order valence-electron chi connectivity index (χ2n) is 4.68. The minimum Gasteiger partial charge on any atom is -0.351 e. The number of carbonyl (C=O) groups is 1. The number of hydrogen-bond acceptors (Lipinski definition) is 3. The van der Waals surface area contributed by atoms with E-state index in [-0.39, 0.29) is 11.8 Å². The van der Waals surface area contributed by atoms with Crippen molar-refractivity contribution in [1.82, 2.24) is 10.6 Å². The fourth-order valence-electron chi connectivity index (χ4n) is 2.30. The van der Waals surface area contributed by atoms with Gasteiger partial charge in [-0.15, -0.1) is 11.3 Å². The van der Waals surface area contributed by atoms with Crippen molar-refractivity contribution in [3.05, 3.63) is 21.9 Å². The fraction of sp³-hybridized carbons (Fsp3) is 0.615. The van der Waals surface area contributed by atoms with E-state index in [4.69, 9.17) is 0 Å². The summed E-state index contributed by atoms with van der Waals surface area (Å²) >= 11 is 1.73. The average Bonchev–Trinajstić information content (AvgIpc) is 2.94. The van der Waals surface area contributed by atoms with Gasteiger partial charge in [-0.25, -0.2) is 0 Å². The van der Waals surface area contributed by atoms with E-state index in [2.05, 4.69) is 35.9 Å². The van der Waals surface area contributed by atoms with Crippen LogP contribution in [0.2, 0.25) is 0 Å². The maximum absolute atomic E-state index is 12.0. The minimum atomic E-state index is 0.139. The Kier molecular flexibility index (Phi) is 4.18. The molecule has 0 radical (unpaired) electrons. The van der Waals surface area contributed by atoms with Gasteiger partial charge >= 0.3 is 0 Å². The van der Waals surface area contributed by atoms with E-state index in [0.717, 1.165) is 19.5 Å². The summed E-state index contributed by atoms with van der Waals surface area (Å²) in [7, 11) is 0. The molecule has 2 atom stereocenters. The summed E-state index contributed by atoms with van der Waals surface area (Å²) in [6.45, 7) is 6.74. The number of thiophene rings is 1. The lowest BCUT2D eigenvalue weighted by Crippen LogP contribution is -2.33. The van der Waals surface area contributed by atoms with Crippen molar-refractivity contribution in [2.24, 2.45) is 11.8 Å². The molecule has 1 fully saturated rings. The Morgan fingerprint density at radius 2 is 2.41 bits per heavy atom. The molecule has 0 aliphatic carbocycles. The number of carbonyl (C=O) groups excluding carboxylic acids is 1. The number of aryl methyl sites for hydroxylation is 1. The van der Waals surface area contributed by atoms with Crippen molar-refractivity contribution < 1.29 is 4.79 Å². The lowest BCUT2D eigenvalue weighted by molar-refractivity contribution is -0.125. The molecule has 94 valence electrons. The highest BCUT2D eigenvalue weighted by Gasteiger charge is 2.29. The summed E-state index contributed by atoms with van der Waals surface area (Å²) in [6.07, 6.45) is 1.04. The van der Waals surface area contributed by atoms with Crippen molar-refractivity contribution in [1.29, 1.82) is 0 Å². The minimum absolute atomic E-state index is 0.139. The van der Waals surface area contributed by atoms with Crippen LogP contribution in [-0.2, 0) is 17.8 Å². The zero-order chi connectivity index (χ0) is 12.3. The van der Waals surface area contributed by atoms with Gasteiger partial charge in [0.25, 0.3) is 0 Å². The van der Waals surface area contributed by atoms with E-state index in [9.17, 15) is 4.79 Å². The van der Waals surface area contributed by atoms with Crippen molar-refractivity contribution in [2.75, 3.05) is 13.1 Å². The molecule has 4 heteroatoms. The van der Waals surface area contributed by atoms with Gasteiger partial charge in [-0.1, -0.05) is 13.8 Å². The molecule has 1 aliphatic heterocycles. The van der Waals surface area contributed by atoms with Crippen LogP contribution in [0.25, 0.3) is 0 Å². The molecule has 2 rings (SSSR count). The lowest BCUT2D eigenvalue weighted by atomic mass is 9.97. The Morgan fingerprint density at radius 1 is 1.59 bits per heavy atom. The number of rotatable bonds is 4. The van der Waals surface area contributed by atoms with Gasteiger partial charge < -0.3 is 10.6 Å². The van der Waals surface area contributed by atoms with Crippen molar-refractivity contribution in [3.8, 4) is 0 Å². The molecule has 0 saturated carbocycles. The van der Waals surface area contributed by atoms with Crippen LogP contribution in [0.15, 0.2) is 11.4 Å². The molecule has 0 bridgehead atoms. The molecule has 1 amide bonds. The van der Waals surface area contributed by atoms with E-state index in [0.29, 0.717) is 12.5 Å².